The summed E-state index contributed by atoms with van der Waals surface area (Å²) in [7, 11) is 1.76. The number of unbranched alkanes of at least 4 members (excludes halogenated alkanes) is 1. The Bertz CT molecular complexity index is 642. The maximum absolute atomic E-state index is 12.4. The van der Waals surface area contributed by atoms with E-state index in [1.165, 1.54) is 23.8 Å². The maximum Gasteiger partial charge on any atom is 0.341 e. The smallest absolute Gasteiger partial charge is 0.341 e. The first-order valence-electron chi connectivity index (χ1n) is 8.68. The number of aryl methyl sites for hydroxylation is 1. The van der Waals surface area contributed by atoms with E-state index in [1.54, 1.807) is 15.9 Å². The second-order valence-electron chi connectivity index (χ2n) is 6.70. The zero-order valence-electron chi connectivity index (χ0n) is 14.3. The van der Waals surface area contributed by atoms with Gasteiger partial charge in [-0.2, -0.15) is 0 Å². The minimum Gasteiger partial charge on any atom is -0.480 e. The van der Waals surface area contributed by atoms with E-state index in [1.807, 2.05) is 0 Å². The van der Waals surface area contributed by atoms with Crippen LogP contribution in [-0.4, -0.2) is 44.6 Å². The molecule has 0 amide bonds. The number of hydrogen-bond donors (Lipinski definition) is 1. The second-order valence-corrected chi connectivity index (χ2v) is 7.67. The third-order valence-electron chi connectivity index (χ3n) is 4.57. The van der Waals surface area contributed by atoms with Crippen molar-refractivity contribution in [3.63, 3.8) is 0 Å². The summed E-state index contributed by atoms with van der Waals surface area (Å²) in [5.74, 6) is -0.386. The van der Waals surface area contributed by atoms with Crippen molar-refractivity contribution in [3.8, 4) is 0 Å². The lowest BCUT2D eigenvalue weighted by atomic mass is 9.89. The Morgan fingerprint density at radius 2 is 1.96 bits per heavy atom. The standard InChI is InChI=1S/C16H27N3O4S/c1-17(12-14(20)21)9-5-6-10-19-15(22)18(16(23)24-19)11-13-7-3-2-4-8-13/h13H,2-12H2,1H3,(H,20,21). The summed E-state index contributed by atoms with van der Waals surface area (Å²) in [6, 6.07) is 0. The lowest BCUT2D eigenvalue weighted by Gasteiger charge is -2.20. The fourth-order valence-corrected chi connectivity index (χ4v) is 4.10. The van der Waals surface area contributed by atoms with Gasteiger partial charge in [-0.05, 0) is 45.2 Å². The van der Waals surface area contributed by atoms with Crippen LogP contribution in [0.5, 0.6) is 0 Å². The number of carbonyl (C=O) groups is 1. The molecule has 1 fully saturated rings. The number of carboxylic acids is 1. The van der Waals surface area contributed by atoms with Crippen LogP contribution in [0.25, 0.3) is 0 Å². The predicted octanol–water partition coefficient (Wildman–Crippen LogP) is 1.45. The lowest BCUT2D eigenvalue weighted by Crippen LogP contribution is -2.32. The number of rotatable bonds is 9. The molecule has 0 bridgehead atoms. The average molecular weight is 357 g/mol. The molecule has 1 aliphatic carbocycles. The lowest BCUT2D eigenvalue weighted by molar-refractivity contribution is -0.137. The molecule has 0 aliphatic heterocycles. The van der Waals surface area contributed by atoms with E-state index >= 15 is 0 Å². The highest BCUT2D eigenvalue weighted by Gasteiger charge is 2.18. The Morgan fingerprint density at radius 1 is 1.25 bits per heavy atom. The molecule has 1 heterocycles. The van der Waals surface area contributed by atoms with Crippen LogP contribution >= 0.6 is 11.5 Å². The number of hydrogen-bond acceptors (Lipinski definition) is 5. The molecular formula is C16H27N3O4S. The summed E-state index contributed by atoms with van der Waals surface area (Å²) < 4.78 is 2.94. The molecule has 0 atom stereocenters. The highest BCUT2D eigenvalue weighted by Crippen LogP contribution is 2.24. The summed E-state index contributed by atoms with van der Waals surface area (Å²) in [5.41, 5.74) is -0.186. The third kappa shape index (κ3) is 5.59. The molecule has 0 spiro atoms. The van der Waals surface area contributed by atoms with Gasteiger partial charge in [-0.3, -0.25) is 14.5 Å². The summed E-state index contributed by atoms with van der Waals surface area (Å²) in [6.07, 6.45) is 7.42. The SMILES string of the molecule is CN(CCCCn1sc(=O)n(CC2CCCCC2)c1=O)CC(=O)O. The first-order chi connectivity index (χ1) is 11.5. The van der Waals surface area contributed by atoms with Crippen LogP contribution in [0.15, 0.2) is 9.59 Å². The van der Waals surface area contributed by atoms with Crippen LogP contribution in [-0.2, 0) is 17.9 Å². The van der Waals surface area contributed by atoms with Gasteiger partial charge in [0.25, 0.3) is 0 Å². The molecule has 0 saturated heterocycles. The molecule has 0 aromatic carbocycles. The summed E-state index contributed by atoms with van der Waals surface area (Å²) in [6.45, 7) is 1.77. The quantitative estimate of drug-likeness (QED) is 0.676. The van der Waals surface area contributed by atoms with Gasteiger partial charge in [-0.25, -0.2) is 13.3 Å². The number of nitrogens with zero attached hydrogens (tertiary/aromatic N) is 3. The minimum absolute atomic E-state index is 0.0189. The van der Waals surface area contributed by atoms with E-state index in [-0.39, 0.29) is 17.1 Å². The number of aromatic nitrogens is 2. The summed E-state index contributed by atoms with van der Waals surface area (Å²) >= 11 is 1.00. The van der Waals surface area contributed by atoms with Crippen molar-refractivity contribution in [3.05, 3.63) is 20.2 Å². The molecule has 2 rings (SSSR count). The van der Waals surface area contributed by atoms with Crippen molar-refractivity contribution in [1.29, 1.82) is 0 Å². The summed E-state index contributed by atoms with van der Waals surface area (Å²) in [5, 5.41) is 8.70. The van der Waals surface area contributed by atoms with Gasteiger partial charge in [0.2, 0.25) is 0 Å². The molecule has 1 aliphatic rings. The predicted molar refractivity (Wildman–Crippen MR) is 93.8 cm³/mol. The Morgan fingerprint density at radius 3 is 2.62 bits per heavy atom. The van der Waals surface area contributed by atoms with Crippen molar-refractivity contribution in [2.45, 2.75) is 58.0 Å². The van der Waals surface area contributed by atoms with Gasteiger partial charge < -0.3 is 5.11 Å². The molecule has 136 valence electrons. The van der Waals surface area contributed by atoms with Crippen molar-refractivity contribution >= 4 is 17.5 Å². The van der Waals surface area contributed by atoms with Gasteiger partial charge in [0.05, 0.1) is 6.54 Å². The number of likely N-dealkylation sites (N-methyl/N-ethyl adjacent to an activating group) is 1. The van der Waals surface area contributed by atoms with E-state index in [0.717, 1.165) is 37.2 Å². The van der Waals surface area contributed by atoms with Gasteiger partial charge in [0.1, 0.15) is 0 Å². The normalized spacial score (nSPS) is 15.9. The third-order valence-corrected chi connectivity index (χ3v) is 5.51. The van der Waals surface area contributed by atoms with Crippen molar-refractivity contribution < 1.29 is 9.90 Å². The van der Waals surface area contributed by atoms with E-state index < -0.39 is 5.97 Å². The van der Waals surface area contributed by atoms with Gasteiger partial charge in [-0.15, -0.1) is 0 Å². The number of aliphatic carboxylic acids is 1. The van der Waals surface area contributed by atoms with Gasteiger partial charge in [0, 0.05) is 24.6 Å². The van der Waals surface area contributed by atoms with E-state index in [4.69, 9.17) is 5.11 Å². The van der Waals surface area contributed by atoms with Gasteiger partial charge in [-0.1, -0.05) is 19.3 Å². The number of carboxylic acid groups (broad SMARTS) is 1. The molecular weight excluding hydrogens is 330 g/mol. The molecule has 7 nitrogen and oxygen atoms in total. The monoisotopic (exact) mass is 357 g/mol. The van der Waals surface area contributed by atoms with Crippen LogP contribution in [0.2, 0.25) is 0 Å². The van der Waals surface area contributed by atoms with E-state index in [2.05, 4.69) is 0 Å². The molecule has 8 heteroatoms. The van der Waals surface area contributed by atoms with Gasteiger partial charge in [0.15, 0.2) is 0 Å². The topological polar surface area (TPSA) is 84.5 Å². The fourth-order valence-electron chi connectivity index (χ4n) is 3.26. The van der Waals surface area contributed by atoms with Crippen LogP contribution in [0.1, 0.15) is 44.9 Å². The molecule has 0 radical (unpaired) electrons. The Labute approximate surface area is 145 Å². The van der Waals surface area contributed by atoms with E-state index in [9.17, 15) is 14.4 Å². The Kier molecular flexibility index (Phi) is 7.23. The molecule has 1 saturated carbocycles. The fraction of sp³-hybridized carbons (Fsp3) is 0.812. The van der Waals surface area contributed by atoms with Crippen molar-refractivity contribution in [1.82, 2.24) is 13.4 Å². The minimum atomic E-state index is -0.841. The van der Waals surface area contributed by atoms with Gasteiger partial charge >= 0.3 is 16.5 Å². The van der Waals surface area contributed by atoms with Crippen LogP contribution in [0, 0.1) is 5.92 Å². The largest absolute Gasteiger partial charge is 0.480 e. The summed E-state index contributed by atoms with van der Waals surface area (Å²) in [4.78, 5) is 36.6. The average Bonchev–Trinajstić information content (AvgIpc) is 2.79. The van der Waals surface area contributed by atoms with Crippen LogP contribution < -0.4 is 10.6 Å². The zero-order valence-corrected chi connectivity index (χ0v) is 15.1. The zero-order chi connectivity index (χ0) is 17.5. The Balaban J connectivity index is 1.83. The first-order valence-corrected chi connectivity index (χ1v) is 9.46. The van der Waals surface area contributed by atoms with E-state index in [0.29, 0.717) is 25.6 Å². The van der Waals surface area contributed by atoms with Crippen LogP contribution in [0.3, 0.4) is 0 Å². The molecule has 24 heavy (non-hydrogen) atoms. The molecule has 1 N–H and O–H groups in total. The molecule has 1 aromatic heterocycles. The molecule has 1 aromatic rings. The van der Waals surface area contributed by atoms with Crippen LogP contribution in [0.4, 0.5) is 0 Å². The van der Waals surface area contributed by atoms with Crippen molar-refractivity contribution in [2.75, 3.05) is 20.1 Å². The second kappa shape index (κ2) is 9.17. The first kappa shape index (κ1) is 18.9. The van der Waals surface area contributed by atoms with Crippen molar-refractivity contribution in [2.24, 2.45) is 5.92 Å². The highest BCUT2D eigenvalue weighted by atomic mass is 32.1. The molecule has 0 unspecified atom stereocenters. The maximum atomic E-state index is 12.4. The Hall–Kier alpha value is -1.41. The highest BCUT2D eigenvalue weighted by molar-refractivity contribution is 7.03.